The monoisotopic (exact) mass is 592 g/mol. The number of thioether (sulfide) groups is 1. The van der Waals surface area contributed by atoms with Crippen LogP contribution in [-0.2, 0) is 4.79 Å². The number of benzene rings is 3. The van der Waals surface area contributed by atoms with Crippen molar-refractivity contribution in [2.24, 2.45) is 0 Å². The molecule has 1 amide bonds. The Balaban J connectivity index is 1.44. The zero-order valence-electron chi connectivity index (χ0n) is 23.5. The number of hydrogen-bond donors (Lipinski definition) is 1. The van der Waals surface area contributed by atoms with E-state index in [0.29, 0.717) is 27.2 Å². The molecule has 0 bridgehead atoms. The minimum atomic E-state index is -0.555. The van der Waals surface area contributed by atoms with Crippen LogP contribution in [0.25, 0.3) is 33.6 Å². The second-order valence-corrected chi connectivity index (χ2v) is 11.6. The van der Waals surface area contributed by atoms with E-state index in [-0.39, 0.29) is 5.91 Å². The van der Waals surface area contributed by atoms with Gasteiger partial charge in [-0.15, -0.1) is 11.3 Å². The van der Waals surface area contributed by atoms with Gasteiger partial charge < -0.3 is 14.8 Å². The summed E-state index contributed by atoms with van der Waals surface area (Å²) in [6.07, 6.45) is 0. The fourth-order valence-corrected chi connectivity index (χ4v) is 5.96. The number of aromatic nitrogens is 2. The largest absolute Gasteiger partial charge is 0.497 e. The average molecular weight is 593 g/mol. The molecule has 210 valence electrons. The van der Waals surface area contributed by atoms with Crippen LogP contribution in [-0.4, -0.2) is 35.3 Å². The van der Waals surface area contributed by atoms with Gasteiger partial charge in [-0.2, -0.15) is 5.26 Å². The molecule has 0 saturated carbocycles. The van der Waals surface area contributed by atoms with Crippen molar-refractivity contribution in [1.29, 1.82) is 5.26 Å². The molecule has 1 atom stereocenters. The summed E-state index contributed by atoms with van der Waals surface area (Å²) in [6.45, 7) is 3.82. The van der Waals surface area contributed by atoms with Crippen molar-refractivity contribution in [2.75, 3.05) is 19.5 Å². The van der Waals surface area contributed by atoms with E-state index in [4.69, 9.17) is 14.5 Å². The third-order valence-electron chi connectivity index (χ3n) is 6.62. The van der Waals surface area contributed by atoms with Gasteiger partial charge in [0.2, 0.25) is 5.91 Å². The maximum Gasteiger partial charge on any atom is 0.239 e. The fourth-order valence-electron chi connectivity index (χ4n) is 4.32. The van der Waals surface area contributed by atoms with Gasteiger partial charge in [-0.3, -0.25) is 4.79 Å². The first-order chi connectivity index (χ1) is 20.4. The van der Waals surface area contributed by atoms with Gasteiger partial charge in [0.05, 0.1) is 36.4 Å². The summed E-state index contributed by atoms with van der Waals surface area (Å²) in [5, 5.41) is 15.5. The molecule has 5 rings (SSSR count). The fraction of sp³-hybridized carbons (Fsp3) is 0.152. The number of pyridine rings is 1. The van der Waals surface area contributed by atoms with Crippen molar-refractivity contribution in [3.63, 3.8) is 0 Å². The third-order valence-corrected chi connectivity index (χ3v) is 8.47. The van der Waals surface area contributed by atoms with Crippen LogP contribution in [0.1, 0.15) is 18.1 Å². The highest BCUT2D eigenvalue weighted by molar-refractivity contribution is 8.00. The van der Waals surface area contributed by atoms with E-state index < -0.39 is 5.25 Å². The molecule has 42 heavy (non-hydrogen) atoms. The van der Waals surface area contributed by atoms with Crippen molar-refractivity contribution in [2.45, 2.75) is 24.1 Å². The summed E-state index contributed by atoms with van der Waals surface area (Å²) in [4.78, 5) is 22.7. The van der Waals surface area contributed by atoms with Gasteiger partial charge in [0.15, 0.2) is 5.13 Å². The molecule has 3 aromatic carbocycles. The number of thiazole rings is 1. The summed E-state index contributed by atoms with van der Waals surface area (Å²) >= 11 is 2.59. The van der Waals surface area contributed by atoms with Crippen molar-refractivity contribution in [1.82, 2.24) is 9.97 Å². The third kappa shape index (κ3) is 6.30. The molecule has 0 fully saturated rings. The maximum atomic E-state index is 13.3. The van der Waals surface area contributed by atoms with Crippen LogP contribution in [0.3, 0.4) is 0 Å². The summed E-state index contributed by atoms with van der Waals surface area (Å²) in [5.41, 5.74) is 6.35. The minimum absolute atomic E-state index is 0.238. The average Bonchev–Trinajstić information content (AvgIpc) is 3.49. The lowest BCUT2D eigenvalue weighted by atomic mass is 9.98. The van der Waals surface area contributed by atoms with E-state index in [2.05, 4.69) is 16.4 Å². The SMILES string of the molecule is COc1ccc(-c2cc(-c3ccc(C)cc3)c(C#N)c(SC(C)C(=O)Nc3nc(-c4ccccc4OC)cs3)n2)cc1. The molecule has 0 radical (unpaired) electrons. The molecule has 2 aromatic heterocycles. The van der Waals surface area contributed by atoms with E-state index in [1.165, 1.54) is 23.1 Å². The number of amides is 1. The molecule has 1 N–H and O–H groups in total. The molecule has 5 aromatic rings. The second kappa shape index (κ2) is 12.9. The number of nitriles is 1. The van der Waals surface area contributed by atoms with Gasteiger partial charge >= 0.3 is 0 Å². The van der Waals surface area contributed by atoms with Crippen LogP contribution in [0.15, 0.2) is 89.3 Å². The Morgan fingerprint density at radius 1 is 0.929 bits per heavy atom. The van der Waals surface area contributed by atoms with Crippen LogP contribution >= 0.6 is 23.1 Å². The molecule has 0 aliphatic carbocycles. The van der Waals surface area contributed by atoms with Gasteiger partial charge in [0.25, 0.3) is 0 Å². The Labute approximate surface area is 253 Å². The lowest BCUT2D eigenvalue weighted by Gasteiger charge is -2.15. The normalized spacial score (nSPS) is 11.4. The number of hydrogen-bond acceptors (Lipinski definition) is 8. The number of rotatable bonds is 9. The number of para-hydroxylation sites is 1. The van der Waals surface area contributed by atoms with Crippen molar-refractivity contribution in [3.05, 3.63) is 95.4 Å². The smallest absolute Gasteiger partial charge is 0.239 e. The van der Waals surface area contributed by atoms with Crippen molar-refractivity contribution in [3.8, 4) is 51.2 Å². The van der Waals surface area contributed by atoms with Crippen LogP contribution in [0.2, 0.25) is 0 Å². The quantitative estimate of drug-likeness (QED) is 0.174. The molecule has 0 spiro atoms. The first-order valence-corrected chi connectivity index (χ1v) is 14.9. The van der Waals surface area contributed by atoms with Gasteiger partial charge in [-0.25, -0.2) is 9.97 Å². The zero-order chi connectivity index (χ0) is 29.6. The van der Waals surface area contributed by atoms with E-state index in [9.17, 15) is 10.1 Å². The first kappa shape index (κ1) is 28.9. The Bertz CT molecular complexity index is 1760. The molecule has 7 nitrogen and oxygen atoms in total. The number of anilines is 1. The number of carbonyl (C=O) groups excluding carboxylic acids is 1. The molecule has 0 aliphatic heterocycles. The standard InChI is InChI=1S/C33H28N4O3S2/c1-20-9-11-22(12-10-20)26-17-28(23-13-15-24(39-3)16-14-23)35-32(27(26)18-34)42-21(2)31(38)37-33-36-29(19-41-33)25-7-5-6-8-30(25)40-4/h5-17,19,21H,1-4H3,(H,36,37,38). The molecule has 9 heteroatoms. The summed E-state index contributed by atoms with van der Waals surface area (Å²) in [7, 11) is 3.24. The van der Waals surface area contributed by atoms with Crippen LogP contribution in [0.4, 0.5) is 5.13 Å². The lowest BCUT2D eigenvalue weighted by Crippen LogP contribution is -2.22. The van der Waals surface area contributed by atoms with E-state index in [0.717, 1.165) is 39.3 Å². The van der Waals surface area contributed by atoms with Crippen LogP contribution in [0, 0.1) is 18.3 Å². The lowest BCUT2D eigenvalue weighted by molar-refractivity contribution is -0.115. The van der Waals surface area contributed by atoms with E-state index in [1.807, 2.05) is 91.2 Å². The predicted molar refractivity (Wildman–Crippen MR) is 169 cm³/mol. The van der Waals surface area contributed by atoms with Crippen LogP contribution < -0.4 is 14.8 Å². The molecule has 0 aliphatic rings. The number of aryl methyl sites for hydroxylation is 1. The van der Waals surface area contributed by atoms with Gasteiger partial charge in [0.1, 0.15) is 22.6 Å². The summed E-state index contributed by atoms with van der Waals surface area (Å²) in [5.74, 6) is 1.21. The topological polar surface area (TPSA) is 97.1 Å². The molecular weight excluding hydrogens is 565 g/mol. The molecule has 2 heterocycles. The first-order valence-electron chi connectivity index (χ1n) is 13.1. The number of nitrogens with one attached hydrogen (secondary N) is 1. The maximum absolute atomic E-state index is 13.3. The van der Waals surface area contributed by atoms with Crippen molar-refractivity contribution < 1.29 is 14.3 Å². The molecular formula is C33H28N4O3S2. The van der Waals surface area contributed by atoms with E-state index in [1.54, 1.807) is 21.1 Å². The Kier molecular flexibility index (Phi) is 8.86. The molecule has 1 unspecified atom stereocenters. The minimum Gasteiger partial charge on any atom is -0.497 e. The number of carbonyl (C=O) groups is 1. The Morgan fingerprint density at radius 2 is 1.64 bits per heavy atom. The van der Waals surface area contributed by atoms with Gasteiger partial charge in [-0.05, 0) is 61.9 Å². The van der Waals surface area contributed by atoms with Crippen LogP contribution in [0.5, 0.6) is 11.5 Å². The van der Waals surface area contributed by atoms with Crippen molar-refractivity contribution >= 4 is 34.1 Å². The molecule has 0 saturated heterocycles. The van der Waals surface area contributed by atoms with Gasteiger partial charge in [0, 0.05) is 22.1 Å². The highest BCUT2D eigenvalue weighted by Gasteiger charge is 2.22. The number of methoxy groups -OCH3 is 2. The zero-order valence-corrected chi connectivity index (χ0v) is 25.2. The summed E-state index contributed by atoms with van der Waals surface area (Å²) in [6, 6.07) is 27.5. The van der Waals surface area contributed by atoms with Gasteiger partial charge in [-0.1, -0.05) is 53.7 Å². The number of nitrogens with zero attached hydrogens (tertiary/aromatic N) is 3. The summed E-state index contributed by atoms with van der Waals surface area (Å²) < 4.78 is 10.8. The predicted octanol–water partition coefficient (Wildman–Crippen LogP) is 7.86. The highest BCUT2D eigenvalue weighted by atomic mass is 32.2. The second-order valence-electron chi connectivity index (χ2n) is 9.43. The Hall–Kier alpha value is -4.65. The highest BCUT2D eigenvalue weighted by Crippen LogP contribution is 2.37. The number of ether oxygens (including phenoxy) is 2. The Morgan fingerprint density at radius 3 is 2.33 bits per heavy atom. The van der Waals surface area contributed by atoms with E-state index >= 15 is 0 Å².